The minimum absolute atomic E-state index is 0.0317. The molecule has 1 aromatic heterocycles. The van der Waals surface area contributed by atoms with Gasteiger partial charge >= 0.3 is 5.97 Å². The highest BCUT2D eigenvalue weighted by molar-refractivity contribution is 6.11. The van der Waals surface area contributed by atoms with Crippen molar-refractivity contribution in [2.45, 2.75) is 18.9 Å². The highest BCUT2D eigenvalue weighted by Gasteiger charge is 2.28. The second-order valence-corrected chi connectivity index (χ2v) is 12.4. The molecule has 0 spiro atoms. The number of aromatic carboxylic acids is 1. The summed E-state index contributed by atoms with van der Waals surface area (Å²) in [5, 5.41) is 40.5. The summed E-state index contributed by atoms with van der Waals surface area (Å²) in [6, 6.07) is 12.4. The molecular weight excluding hydrogens is 794 g/mol. The lowest BCUT2D eigenvalue weighted by molar-refractivity contribution is -0.385. The van der Waals surface area contributed by atoms with E-state index in [2.05, 4.69) is 46.0 Å². The summed E-state index contributed by atoms with van der Waals surface area (Å²) in [6.45, 7) is 10.9. The van der Waals surface area contributed by atoms with Crippen LogP contribution in [0.5, 0.6) is 23.0 Å². The summed E-state index contributed by atoms with van der Waals surface area (Å²) in [5.74, 6) is -4.56. The zero-order valence-corrected chi connectivity index (χ0v) is 32.8. The van der Waals surface area contributed by atoms with Gasteiger partial charge in [0.1, 0.15) is 36.7 Å². The predicted molar refractivity (Wildman–Crippen MR) is 222 cm³/mol. The molecule has 61 heavy (non-hydrogen) atoms. The molecule has 1 heterocycles. The number of hydrogen-bond donors (Lipinski definition) is 5. The number of ether oxygens (including phenoxy) is 4. The molecule has 3 aromatic carbocycles. The number of nitro groups is 1. The first kappa shape index (κ1) is 45.2. The number of methoxy groups -OCH3 is 2. The van der Waals surface area contributed by atoms with Crippen molar-refractivity contribution in [3.8, 4) is 29.1 Å². The molecule has 4 amide bonds. The number of aromatic nitrogens is 1. The second-order valence-electron chi connectivity index (χ2n) is 12.4. The summed E-state index contributed by atoms with van der Waals surface area (Å²) in [4.78, 5) is 79.3. The Balaban J connectivity index is 1.57. The largest absolute Gasteiger partial charge is 0.491 e. The predicted octanol–water partition coefficient (Wildman–Crippen LogP) is 5.72. The number of carbonyl (C=O) groups is 5. The summed E-state index contributed by atoms with van der Waals surface area (Å²) >= 11 is 0. The van der Waals surface area contributed by atoms with Crippen molar-refractivity contribution in [3.05, 3.63) is 137 Å². The molecule has 0 aliphatic rings. The highest BCUT2D eigenvalue weighted by Crippen LogP contribution is 2.44. The van der Waals surface area contributed by atoms with E-state index in [1.165, 1.54) is 74.9 Å². The molecule has 0 saturated carbocycles. The van der Waals surface area contributed by atoms with Crippen LogP contribution in [-0.2, 0) is 11.2 Å². The maximum atomic E-state index is 14.0. The molecular formula is C42H39N7O12. The Morgan fingerprint density at radius 1 is 0.836 bits per heavy atom. The second kappa shape index (κ2) is 21.3. The number of pyridine rings is 1. The lowest BCUT2D eigenvalue weighted by Gasteiger charge is -2.21. The number of amides is 4. The number of nitrogens with zero attached hydrogens (tertiary/aromatic N) is 3. The average Bonchev–Trinajstić information content (AvgIpc) is 3.25. The van der Waals surface area contributed by atoms with Crippen molar-refractivity contribution < 1.29 is 52.9 Å². The summed E-state index contributed by atoms with van der Waals surface area (Å²) < 4.78 is 22.7. The minimum Gasteiger partial charge on any atom is -0.491 e. The van der Waals surface area contributed by atoms with Crippen LogP contribution in [0.2, 0.25) is 0 Å². The van der Waals surface area contributed by atoms with Gasteiger partial charge in [0.2, 0.25) is 5.91 Å². The number of allylic oxidation sites excluding steroid dienone is 1. The molecule has 19 heteroatoms. The van der Waals surface area contributed by atoms with E-state index < -0.39 is 47.0 Å². The Morgan fingerprint density at radius 2 is 1.49 bits per heavy atom. The van der Waals surface area contributed by atoms with Gasteiger partial charge in [-0.15, -0.1) is 6.58 Å². The quantitative estimate of drug-likeness (QED) is 0.0382. The molecule has 314 valence electrons. The number of anilines is 3. The van der Waals surface area contributed by atoms with Gasteiger partial charge < -0.3 is 45.3 Å². The first-order valence-electron chi connectivity index (χ1n) is 17.9. The summed E-state index contributed by atoms with van der Waals surface area (Å²) in [6.07, 6.45) is 4.97. The third kappa shape index (κ3) is 11.1. The molecule has 4 rings (SSSR count). The first-order chi connectivity index (χ1) is 29.3. The lowest BCUT2D eigenvalue weighted by atomic mass is 10.0. The molecule has 5 N–H and O–H groups in total. The number of benzene rings is 3. The molecule has 19 nitrogen and oxygen atoms in total. The summed E-state index contributed by atoms with van der Waals surface area (Å²) in [7, 11) is 2.59. The number of nitrogens with one attached hydrogen (secondary N) is 4. The molecule has 1 unspecified atom stereocenters. The normalized spacial score (nSPS) is 10.7. The van der Waals surface area contributed by atoms with Gasteiger partial charge in [-0.1, -0.05) is 31.4 Å². The molecule has 0 radical (unpaired) electrons. The number of carboxylic acid groups (broad SMARTS) is 1. The van der Waals surface area contributed by atoms with E-state index in [1.807, 2.05) is 6.07 Å². The van der Waals surface area contributed by atoms with E-state index in [-0.39, 0.29) is 87.8 Å². The lowest BCUT2D eigenvalue weighted by Crippen LogP contribution is -2.43. The number of carboxylic acids is 1. The van der Waals surface area contributed by atoms with Crippen LogP contribution in [0.1, 0.15) is 53.5 Å². The Labute approximate surface area is 348 Å². The van der Waals surface area contributed by atoms with Gasteiger partial charge in [0.15, 0.2) is 23.0 Å². The Morgan fingerprint density at radius 3 is 2.03 bits per heavy atom. The molecule has 0 bridgehead atoms. The van der Waals surface area contributed by atoms with Gasteiger partial charge in [0.05, 0.1) is 48.6 Å². The van der Waals surface area contributed by atoms with Gasteiger partial charge in [-0.05, 0) is 60.5 Å². The molecule has 4 aromatic rings. The van der Waals surface area contributed by atoms with Gasteiger partial charge in [0, 0.05) is 17.3 Å². The van der Waals surface area contributed by atoms with E-state index in [4.69, 9.17) is 18.9 Å². The van der Waals surface area contributed by atoms with Crippen LogP contribution in [0.15, 0.2) is 98.8 Å². The zero-order chi connectivity index (χ0) is 44.6. The van der Waals surface area contributed by atoms with E-state index in [1.54, 1.807) is 0 Å². The molecule has 0 fully saturated rings. The van der Waals surface area contributed by atoms with Crippen LogP contribution >= 0.6 is 0 Å². The fourth-order valence-electron chi connectivity index (χ4n) is 5.59. The van der Waals surface area contributed by atoms with Gasteiger partial charge in [-0.3, -0.25) is 29.3 Å². The van der Waals surface area contributed by atoms with Crippen LogP contribution < -0.4 is 40.2 Å². The van der Waals surface area contributed by atoms with Crippen LogP contribution in [-0.4, -0.2) is 78.1 Å². The van der Waals surface area contributed by atoms with Gasteiger partial charge in [-0.2, -0.15) is 5.26 Å². The number of rotatable bonds is 21. The van der Waals surface area contributed by atoms with Crippen molar-refractivity contribution in [1.29, 1.82) is 5.26 Å². The topological polar surface area (TPSA) is 270 Å². The zero-order valence-electron chi connectivity index (χ0n) is 32.8. The fourth-order valence-corrected chi connectivity index (χ4v) is 5.59. The van der Waals surface area contributed by atoms with E-state index in [0.717, 1.165) is 18.3 Å². The highest BCUT2D eigenvalue weighted by atomic mass is 16.6. The van der Waals surface area contributed by atoms with E-state index in [9.17, 15) is 44.5 Å². The molecule has 0 saturated heterocycles. The molecule has 0 aliphatic heterocycles. The number of nitriles is 1. The molecule has 1 atom stereocenters. The first-order valence-corrected chi connectivity index (χ1v) is 17.9. The van der Waals surface area contributed by atoms with Crippen molar-refractivity contribution >= 4 is 52.3 Å². The maximum absolute atomic E-state index is 14.0. The maximum Gasteiger partial charge on any atom is 0.339 e. The Hall–Kier alpha value is -8.53. The standard InChI is InChI=1S/C42H39N7O12/c1-6-9-25-22-29(42(54)55)35(61-21-8-3)37(59-5)33(25)48-39(51)28-15-17-30(36(58-4)34(28)60-20-7-2)46-38(50)24-10-12-26(13-11-24)45-41(53)32(18-19-43)47-40(52)31-16-14-27(23-44-31)49(56)57/h6-8,10-17,22-23,32H,1-3,9,18,20-21H2,4-5H3,(H,45,53)(H,46,50)(H,47,52)(H,48,51)(H,54,55). The van der Waals surface area contributed by atoms with Crippen molar-refractivity contribution in [3.63, 3.8) is 0 Å². The minimum atomic E-state index is -1.32. The van der Waals surface area contributed by atoms with E-state index in [0.29, 0.717) is 5.56 Å². The Kier molecular flexibility index (Phi) is 15.8. The SMILES string of the molecule is C=CCOc1c(C(=O)Nc2c(CC=C)cc(C(=O)O)c(OCC=C)c2OC)ccc(NC(=O)c2ccc(NC(=O)C(CC#N)NC(=O)c3ccc([N+](=O)[O-])cn3)cc2)c1OC. The van der Waals surface area contributed by atoms with Gasteiger partial charge in [-0.25, -0.2) is 9.78 Å². The molecule has 0 aliphatic carbocycles. The van der Waals surface area contributed by atoms with Crippen molar-refractivity contribution in [1.82, 2.24) is 10.3 Å². The fraction of sp³-hybridized carbons (Fsp3) is 0.167. The van der Waals surface area contributed by atoms with Crippen LogP contribution in [0, 0.1) is 21.4 Å². The Bertz CT molecular complexity index is 2410. The third-order valence-corrected chi connectivity index (χ3v) is 8.38. The van der Waals surface area contributed by atoms with Crippen LogP contribution in [0.25, 0.3) is 0 Å². The van der Waals surface area contributed by atoms with Gasteiger partial charge in [0.25, 0.3) is 23.4 Å². The number of carbonyl (C=O) groups excluding carboxylic acids is 4. The monoisotopic (exact) mass is 833 g/mol. The smallest absolute Gasteiger partial charge is 0.339 e. The van der Waals surface area contributed by atoms with Crippen molar-refractivity contribution in [2.75, 3.05) is 43.4 Å². The van der Waals surface area contributed by atoms with Crippen molar-refractivity contribution in [2.24, 2.45) is 0 Å². The number of hydrogen-bond acceptors (Lipinski definition) is 13. The average molecular weight is 834 g/mol. The third-order valence-electron chi connectivity index (χ3n) is 8.38. The van der Waals surface area contributed by atoms with Crippen LogP contribution in [0.3, 0.4) is 0 Å². The van der Waals surface area contributed by atoms with E-state index >= 15 is 0 Å². The van der Waals surface area contributed by atoms with Crippen LogP contribution in [0.4, 0.5) is 22.7 Å². The summed E-state index contributed by atoms with van der Waals surface area (Å²) in [5.41, 5.74) is 0.0932.